The van der Waals surface area contributed by atoms with Gasteiger partial charge in [-0.05, 0) is 51.1 Å². The number of carbonyl (C=O) groups excluding carboxylic acids is 1. The molecule has 3 rings (SSSR count). The van der Waals surface area contributed by atoms with Crippen molar-refractivity contribution in [1.82, 2.24) is 5.32 Å². The molecule has 2 aromatic carbocycles. The first kappa shape index (κ1) is 19.0. The molecule has 1 atom stereocenters. The number of amides is 1. The molecule has 1 unspecified atom stereocenters. The molecular formula is C21H24FNO4. The first-order chi connectivity index (χ1) is 12.8. The van der Waals surface area contributed by atoms with Gasteiger partial charge in [0.2, 0.25) is 0 Å². The van der Waals surface area contributed by atoms with Crippen molar-refractivity contribution in [3.8, 4) is 17.2 Å². The van der Waals surface area contributed by atoms with E-state index in [1.807, 2.05) is 32.0 Å². The fourth-order valence-electron chi connectivity index (χ4n) is 2.95. The van der Waals surface area contributed by atoms with Crippen LogP contribution in [0.15, 0.2) is 42.5 Å². The first-order valence-electron chi connectivity index (χ1n) is 8.98. The fourth-order valence-corrected chi connectivity index (χ4v) is 2.95. The topological polar surface area (TPSA) is 56.8 Å². The molecule has 27 heavy (non-hydrogen) atoms. The predicted octanol–water partition coefficient (Wildman–Crippen LogP) is 3.50. The molecule has 0 aromatic heterocycles. The minimum atomic E-state index is -0.694. The standard InChI is InChI=1S/C21H24FNO4/c1-14(26-17-9-7-16(22)8-10-17)20(24)23-11-12-25-18-6-4-5-15-13-21(2,3)27-19(15)18/h4-10,14H,11-13H2,1-3H3,(H,23,24). The van der Waals surface area contributed by atoms with E-state index < -0.39 is 6.10 Å². The highest BCUT2D eigenvalue weighted by molar-refractivity contribution is 5.80. The molecule has 144 valence electrons. The monoisotopic (exact) mass is 373 g/mol. The lowest BCUT2D eigenvalue weighted by atomic mass is 10.0. The van der Waals surface area contributed by atoms with Crippen molar-refractivity contribution in [3.63, 3.8) is 0 Å². The Morgan fingerprint density at radius 3 is 2.74 bits per heavy atom. The Hall–Kier alpha value is -2.76. The van der Waals surface area contributed by atoms with Crippen molar-refractivity contribution >= 4 is 5.91 Å². The summed E-state index contributed by atoms with van der Waals surface area (Å²) in [5, 5.41) is 2.76. The van der Waals surface area contributed by atoms with Crippen molar-refractivity contribution in [2.24, 2.45) is 0 Å². The van der Waals surface area contributed by atoms with Crippen LogP contribution >= 0.6 is 0 Å². The number of nitrogens with one attached hydrogen (secondary N) is 1. The zero-order chi connectivity index (χ0) is 19.4. The summed E-state index contributed by atoms with van der Waals surface area (Å²) < 4.78 is 30.1. The van der Waals surface area contributed by atoms with Gasteiger partial charge >= 0.3 is 0 Å². The Bertz CT molecular complexity index is 804. The Morgan fingerprint density at radius 1 is 1.26 bits per heavy atom. The van der Waals surface area contributed by atoms with E-state index in [0.717, 1.165) is 17.7 Å². The molecule has 0 aliphatic carbocycles. The third kappa shape index (κ3) is 4.90. The van der Waals surface area contributed by atoms with E-state index in [2.05, 4.69) is 5.32 Å². The van der Waals surface area contributed by atoms with Crippen molar-refractivity contribution in [2.75, 3.05) is 13.2 Å². The number of para-hydroxylation sites is 1. The van der Waals surface area contributed by atoms with Gasteiger partial charge in [-0.15, -0.1) is 0 Å². The van der Waals surface area contributed by atoms with Crippen molar-refractivity contribution in [2.45, 2.75) is 38.9 Å². The molecule has 0 fully saturated rings. The molecule has 5 nitrogen and oxygen atoms in total. The van der Waals surface area contributed by atoms with E-state index in [4.69, 9.17) is 14.2 Å². The van der Waals surface area contributed by atoms with Gasteiger partial charge in [0.25, 0.3) is 5.91 Å². The SMILES string of the molecule is CC(Oc1ccc(F)cc1)C(=O)NCCOc1cccc2c1OC(C)(C)C2. The molecule has 2 aromatic rings. The number of hydrogen-bond acceptors (Lipinski definition) is 4. The molecular weight excluding hydrogens is 349 g/mol. The van der Waals surface area contributed by atoms with Crippen LogP contribution in [0.25, 0.3) is 0 Å². The molecule has 6 heteroatoms. The van der Waals surface area contributed by atoms with Gasteiger partial charge < -0.3 is 19.5 Å². The average Bonchev–Trinajstić information content (AvgIpc) is 2.95. The molecule has 0 radical (unpaired) electrons. The molecule has 1 heterocycles. The number of rotatable bonds is 7. The molecule has 0 saturated heterocycles. The molecule has 0 saturated carbocycles. The second kappa shape index (κ2) is 7.86. The van der Waals surface area contributed by atoms with E-state index in [0.29, 0.717) is 24.7 Å². The number of carbonyl (C=O) groups is 1. The van der Waals surface area contributed by atoms with E-state index in [9.17, 15) is 9.18 Å². The zero-order valence-corrected chi connectivity index (χ0v) is 15.8. The molecule has 1 N–H and O–H groups in total. The van der Waals surface area contributed by atoms with Crippen LogP contribution in [0.4, 0.5) is 4.39 Å². The lowest BCUT2D eigenvalue weighted by Crippen LogP contribution is -2.38. The average molecular weight is 373 g/mol. The van der Waals surface area contributed by atoms with Crippen LogP contribution in [0.3, 0.4) is 0 Å². The van der Waals surface area contributed by atoms with Crippen molar-refractivity contribution in [1.29, 1.82) is 0 Å². The molecule has 1 aliphatic rings. The number of hydrogen-bond donors (Lipinski definition) is 1. The zero-order valence-electron chi connectivity index (χ0n) is 15.8. The lowest BCUT2D eigenvalue weighted by Gasteiger charge is -2.18. The summed E-state index contributed by atoms with van der Waals surface area (Å²) in [5.41, 5.74) is 0.895. The number of fused-ring (bicyclic) bond motifs is 1. The number of benzene rings is 2. The Labute approximate surface area is 158 Å². The van der Waals surface area contributed by atoms with Crippen LogP contribution in [0.1, 0.15) is 26.3 Å². The molecule has 1 aliphatic heterocycles. The van der Waals surface area contributed by atoms with Crippen LogP contribution in [-0.4, -0.2) is 30.8 Å². The molecule has 1 amide bonds. The second-order valence-corrected chi connectivity index (χ2v) is 7.14. The molecule has 0 spiro atoms. The Kier molecular flexibility index (Phi) is 5.54. The highest BCUT2D eigenvalue weighted by Gasteiger charge is 2.32. The summed E-state index contributed by atoms with van der Waals surface area (Å²) in [5.74, 6) is 1.29. The van der Waals surface area contributed by atoms with Crippen LogP contribution in [0.2, 0.25) is 0 Å². The van der Waals surface area contributed by atoms with Gasteiger partial charge in [0.1, 0.15) is 23.8 Å². The lowest BCUT2D eigenvalue weighted by molar-refractivity contribution is -0.127. The number of halogens is 1. The smallest absolute Gasteiger partial charge is 0.260 e. The summed E-state index contributed by atoms with van der Waals surface area (Å²) >= 11 is 0. The van der Waals surface area contributed by atoms with Crippen LogP contribution in [-0.2, 0) is 11.2 Å². The normalized spacial score (nSPS) is 15.4. The summed E-state index contributed by atoms with van der Waals surface area (Å²) in [6, 6.07) is 11.4. The third-order valence-electron chi connectivity index (χ3n) is 4.21. The summed E-state index contributed by atoms with van der Waals surface area (Å²) in [7, 11) is 0. The minimum Gasteiger partial charge on any atom is -0.488 e. The first-order valence-corrected chi connectivity index (χ1v) is 8.98. The van der Waals surface area contributed by atoms with Crippen LogP contribution in [0.5, 0.6) is 17.2 Å². The summed E-state index contributed by atoms with van der Waals surface area (Å²) in [6.45, 7) is 6.37. The van der Waals surface area contributed by atoms with Gasteiger partial charge in [0.05, 0.1) is 6.54 Å². The third-order valence-corrected chi connectivity index (χ3v) is 4.21. The largest absolute Gasteiger partial charge is 0.488 e. The van der Waals surface area contributed by atoms with Gasteiger partial charge in [-0.3, -0.25) is 4.79 Å². The van der Waals surface area contributed by atoms with E-state index in [1.54, 1.807) is 6.92 Å². The molecule has 0 bridgehead atoms. The van der Waals surface area contributed by atoms with Crippen LogP contribution < -0.4 is 19.5 Å². The minimum absolute atomic E-state index is 0.233. The van der Waals surface area contributed by atoms with Gasteiger partial charge in [-0.25, -0.2) is 4.39 Å². The maximum atomic E-state index is 12.9. The van der Waals surface area contributed by atoms with Crippen LogP contribution in [0, 0.1) is 5.82 Å². The van der Waals surface area contributed by atoms with E-state index >= 15 is 0 Å². The predicted molar refractivity (Wildman–Crippen MR) is 99.8 cm³/mol. The van der Waals surface area contributed by atoms with Crippen molar-refractivity contribution < 1.29 is 23.4 Å². The van der Waals surface area contributed by atoms with Gasteiger partial charge in [0.15, 0.2) is 17.6 Å². The maximum Gasteiger partial charge on any atom is 0.260 e. The van der Waals surface area contributed by atoms with Gasteiger partial charge in [-0.1, -0.05) is 12.1 Å². The summed E-state index contributed by atoms with van der Waals surface area (Å²) in [6.07, 6.45) is 0.148. The fraction of sp³-hybridized carbons (Fsp3) is 0.381. The number of ether oxygens (including phenoxy) is 3. The van der Waals surface area contributed by atoms with E-state index in [1.165, 1.54) is 24.3 Å². The van der Waals surface area contributed by atoms with E-state index in [-0.39, 0.29) is 17.3 Å². The highest BCUT2D eigenvalue weighted by Crippen LogP contribution is 2.41. The quantitative estimate of drug-likeness (QED) is 0.755. The van der Waals surface area contributed by atoms with Gasteiger partial charge in [0, 0.05) is 12.0 Å². The maximum absolute atomic E-state index is 12.9. The second-order valence-electron chi connectivity index (χ2n) is 7.14. The Balaban J connectivity index is 1.45. The Morgan fingerprint density at radius 2 is 2.00 bits per heavy atom. The summed E-state index contributed by atoms with van der Waals surface area (Å²) in [4.78, 5) is 12.1. The van der Waals surface area contributed by atoms with Gasteiger partial charge in [-0.2, -0.15) is 0 Å². The highest BCUT2D eigenvalue weighted by atomic mass is 19.1. The van der Waals surface area contributed by atoms with Crippen molar-refractivity contribution in [3.05, 3.63) is 53.8 Å².